The average molecular weight is 400 g/mol. The lowest BCUT2D eigenvalue weighted by atomic mass is 9.84. The van der Waals surface area contributed by atoms with Crippen molar-refractivity contribution in [3.8, 4) is 0 Å². The number of aliphatic hydroxyl groups is 1. The predicted octanol–water partition coefficient (Wildman–Crippen LogP) is 3.74. The Morgan fingerprint density at radius 1 is 1.21 bits per heavy atom. The highest BCUT2D eigenvalue weighted by Gasteiger charge is 2.57. The Morgan fingerprint density at radius 3 is 2.45 bits per heavy atom. The zero-order chi connectivity index (χ0) is 20.5. The number of piperidine rings is 1. The summed E-state index contributed by atoms with van der Waals surface area (Å²) in [5, 5.41) is 18.5. The molecule has 3 aliphatic rings. The van der Waals surface area contributed by atoms with Crippen molar-refractivity contribution in [1.82, 2.24) is 9.80 Å². The molecule has 0 bridgehead atoms. The maximum absolute atomic E-state index is 13.3. The van der Waals surface area contributed by atoms with Crippen LogP contribution in [0.25, 0.3) is 0 Å². The molecule has 1 aromatic carbocycles. The first-order chi connectivity index (χ1) is 13.9. The molecule has 1 saturated heterocycles. The highest BCUT2D eigenvalue weighted by Crippen LogP contribution is 2.51. The summed E-state index contributed by atoms with van der Waals surface area (Å²) in [6, 6.07) is 9.82. The van der Waals surface area contributed by atoms with E-state index in [1.165, 1.54) is 0 Å². The highest BCUT2D eigenvalue weighted by molar-refractivity contribution is 5.84. The fourth-order valence-electron chi connectivity index (χ4n) is 4.09. The van der Waals surface area contributed by atoms with Crippen LogP contribution in [-0.4, -0.2) is 53.0 Å². The Balaban J connectivity index is 1.35. The van der Waals surface area contributed by atoms with Gasteiger partial charge in [-0.2, -0.15) is 5.10 Å². The number of hydrogen-bond acceptors (Lipinski definition) is 4. The van der Waals surface area contributed by atoms with Crippen molar-refractivity contribution in [3.05, 3.63) is 59.9 Å². The van der Waals surface area contributed by atoms with E-state index in [4.69, 9.17) is 0 Å². The summed E-state index contributed by atoms with van der Waals surface area (Å²) in [6.45, 7) is 5.43. The van der Waals surface area contributed by atoms with Gasteiger partial charge in [0.15, 0.2) is 0 Å². The van der Waals surface area contributed by atoms with Crippen LogP contribution in [0.4, 0.5) is 8.78 Å². The number of amidine groups is 1. The lowest BCUT2D eigenvalue weighted by Crippen LogP contribution is -2.42. The molecule has 0 spiro atoms. The SMILES string of the molecule is C=N/N=C(/CC1CC1(F)F)N1C=CC(N2CCC(O)(c3ccccc3)CC2)=CC1. The van der Waals surface area contributed by atoms with Crippen molar-refractivity contribution in [2.24, 2.45) is 16.1 Å². The molecular formula is C22H26F2N4O. The van der Waals surface area contributed by atoms with Gasteiger partial charge in [-0.05, 0) is 30.6 Å². The number of likely N-dealkylation sites (tertiary alicyclic amines) is 1. The zero-order valence-electron chi connectivity index (χ0n) is 16.3. The molecule has 1 unspecified atom stereocenters. The van der Waals surface area contributed by atoms with Gasteiger partial charge in [0, 0.05) is 57.0 Å². The molecule has 29 heavy (non-hydrogen) atoms. The van der Waals surface area contributed by atoms with E-state index >= 15 is 0 Å². The Kier molecular flexibility index (Phi) is 5.25. The largest absolute Gasteiger partial charge is 0.385 e. The summed E-state index contributed by atoms with van der Waals surface area (Å²) >= 11 is 0. The normalized spacial score (nSPS) is 25.6. The summed E-state index contributed by atoms with van der Waals surface area (Å²) in [5.74, 6) is -2.71. The number of halogens is 2. The van der Waals surface area contributed by atoms with Gasteiger partial charge in [-0.15, -0.1) is 5.10 Å². The van der Waals surface area contributed by atoms with Crippen LogP contribution in [-0.2, 0) is 5.60 Å². The second kappa shape index (κ2) is 7.71. The third kappa shape index (κ3) is 4.24. The molecule has 1 aromatic rings. The van der Waals surface area contributed by atoms with Crippen molar-refractivity contribution < 1.29 is 13.9 Å². The number of allylic oxidation sites excluding steroid dienone is 1. The molecule has 7 heteroatoms. The molecule has 1 saturated carbocycles. The predicted molar refractivity (Wildman–Crippen MR) is 110 cm³/mol. The van der Waals surface area contributed by atoms with Crippen molar-refractivity contribution in [3.63, 3.8) is 0 Å². The molecule has 1 aliphatic carbocycles. The fraction of sp³-hybridized carbons (Fsp3) is 0.455. The Hall–Kier alpha value is -2.54. The van der Waals surface area contributed by atoms with Gasteiger partial charge in [0.1, 0.15) is 5.84 Å². The maximum Gasteiger partial charge on any atom is 0.252 e. The Labute approximate surface area is 169 Å². The summed E-state index contributed by atoms with van der Waals surface area (Å²) in [7, 11) is 0. The van der Waals surface area contributed by atoms with E-state index in [9.17, 15) is 13.9 Å². The zero-order valence-corrected chi connectivity index (χ0v) is 16.3. The summed E-state index contributed by atoms with van der Waals surface area (Å²) in [6.07, 6.45) is 7.35. The quantitative estimate of drug-likeness (QED) is 0.465. The smallest absolute Gasteiger partial charge is 0.252 e. The molecule has 0 aromatic heterocycles. The third-order valence-electron chi connectivity index (χ3n) is 6.09. The highest BCUT2D eigenvalue weighted by atomic mass is 19.3. The van der Waals surface area contributed by atoms with E-state index in [1.807, 2.05) is 47.5 Å². The molecular weight excluding hydrogens is 374 g/mol. The molecule has 1 N–H and O–H groups in total. The molecule has 5 nitrogen and oxygen atoms in total. The van der Waals surface area contributed by atoms with Gasteiger partial charge < -0.3 is 14.9 Å². The molecule has 2 fully saturated rings. The van der Waals surface area contributed by atoms with Crippen LogP contribution in [0.15, 0.2) is 64.6 Å². The Bertz CT molecular complexity index is 842. The van der Waals surface area contributed by atoms with E-state index in [0.717, 1.165) is 24.4 Å². The minimum absolute atomic E-state index is 0.0834. The average Bonchev–Trinajstić information content (AvgIpc) is 3.35. The lowest BCUT2D eigenvalue weighted by Gasteiger charge is -2.41. The first kappa shape index (κ1) is 19.8. The van der Waals surface area contributed by atoms with Crippen LogP contribution in [0.3, 0.4) is 0 Å². The van der Waals surface area contributed by atoms with E-state index in [0.29, 0.717) is 25.2 Å². The fourth-order valence-corrected chi connectivity index (χ4v) is 4.09. The van der Waals surface area contributed by atoms with E-state index in [2.05, 4.69) is 27.9 Å². The first-order valence-electron chi connectivity index (χ1n) is 9.99. The monoisotopic (exact) mass is 400 g/mol. The van der Waals surface area contributed by atoms with Crippen molar-refractivity contribution in [1.29, 1.82) is 0 Å². The van der Waals surface area contributed by atoms with Crippen LogP contribution in [0.5, 0.6) is 0 Å². The number of nitrogens with zero attached hydrogens (tertiary/aromatic N) is 4. The van der Waals surface area contributed by atoms with Gasteiger partial charge >= 0.3 is 0 Å². The van der Waals surface area contributed by atoms with E-state index < -0.39 is 17.4 Å². The molecule has 1 atom stereocenters. The molecule has 0 amide bonds. The number of benzene rings is 1. The number of alkyl halides is 2. The second-order valence-electron chi connectivity index (χ2n) is 8.01. The summed E-state index contributed by atoms with van der Waals surface area (Å²) in [5.41, 5.74) is 1.26. The van der Waals surface area contributed by atoms with Crippen LogP contribution >= 0.6 is 0 Å². The molecule has 2 aliphatic heterocycles. The molecule has 4 rings (SSSR count). The lowest BCUT2D eigenvalue weighted by molar-refractivity contribution is -0.0180. The molecule has 154 valence electrons. The van der Waals surface area contributed by atoms with Crippen molar-refractivity contribution >= 4 is 12.6 Å². The van der Waals surface area contributed by atoms with Crippen LogP contribution in [0.2, 0.25) is 0 Å². The van der Waals surface area contributed by atoms with Gasteiger partial charge in [-0.1, -0.05) is 30.3 Å². The second-order valence-corrected chi connectivity index (χ2v) is 8.01. The summed E-state index contributed by atoms with van der Waals surface area (Å²) in [4.78, 5) is 4.10. The first-order valence-corrected chi connectivity index (χ1v) is 9.99. The molecule has 0 radical (unpaired) electrons. The van der Waals surface area contributed by atoms with E-state index in [-0.39, 0.29) is 12.8 Å². The summed E-state index contributed by atoms with van der Waals surface area (Å²) < 4.78 is 26.6. The maximum atomic E-state index is 13.3. The van der Waals surface area contributed by atoms with Gasteiger partial charge in [-0.25, -0.2) is 8.78 Å². The van der Waals surface area contributed by atoms with Crippen molar-refractivity contribution in [2.75, 3.05) is 19.6 Å². The number of rotatable bonds is 5. The van der Waals surface area contributed by atoms with E-state index in [1.54, 1.807) is 0 Å². The molecule has 2 heterocycles. The topological polar surface area (TPSA) is 51.4 Å². The van der Waals surface area contributed by atoms with Gasteiger partial charge in [0.2, 0.25) is 0 Å². The van der Waals surface area contributed by atoms with Gasteiger partial charge in [-0.3, -0.25) is 0 Å². The van der Waals surface area contributed by atoms with Crippen LogP contribution in [0, 0.1) is 5.92 Å². The third-order valence-corrected chi connectivity index (χ3v) is 6.09. The van der Waals surface area contributed by atoms with Crippen LogP contribution in [0.1, 0.15) is 31.2 Å². The number of hydrogen-bond donors (Lipinski definition) is 1. The van der Waals surface area contributed by atoms with Crippen molar-refractivity contribution in [2.45, 2.75) is 37.2 Å². The van der Waals surface area contributed by atoms with Crippen LogP contribution < -0.4 is 0 Å². The van der Waals surface area contributed by atoms with Gasteiger partial charge in [0.25, 0.3) is 5.92 Å². The standard InChI is InChI=1S/C22H26F2N4O/c1-25-26-20(15-18-16-22(18,23)24)28-11-7-19(8-12-28)27-13-9-21(29,10-14-27)17-5-3-2-4-6-17/h2-8,11,18,29H,1,9-10,12-16H2/b26-20-. The Morgan fingerprint density at radius 2 is 1.90 bits per heavy atom. The van der Waals surface area contributed by atoms with Gasteiger partial charge in [0.05, 0.1) is 5.60 Å². The minimum atomic E-state index is -2.58. The minimum Gasteiger partial charge on any atom is -0.385 e.